The Morgan fingerprint density at radius 2 is 1.87 bits per heavy atom. The molecule has 0 unspecified atom stereocenters. The molecule has 1 saturated heterocycles. The van der Waals surface area contributed by atoms with Crippen LogP contribution in [0.3, 0.4) is 0 Å². The third-order valence-corrected chi connectivity index (χ3v) is 5.08. The lowest BCUT2D eigenvalue weighted by Gasteiger charge is -2.28. The summed E-state index contributed by atoms with van der Waals surface area (Å²) in [5.41, 5.74) is 2.69. The first-order valence-corrected chi connectivity index (χ1v) is 10.3. The number of ether oxygens (including phenoxy) is 1. The van der Waals surface area contributed by atoms with Crippen molar-refractivity contribution in [3.63, 3.8) is 0 Å². The van der Waals surface area contributed by atoms with Crippen LogP contribution in [0.2, 0.25) is 0 Å². The number of anilines is 2. The van der Waals surface area contributed by atoms with Crippen molar-refractivity contribution < 1.29 is 18.4 Å². The second-order valence-corrected chi connectivity index (χ2v) is 7.69. The fourth-order valence-corrected chi connectivity index (χ4v) is 3.58. The number of furan rings is 1. The van der Waals surface area contributed by atoms with Gasteiger partial charge >= 0.3 is 0 Å². The van der Waals surface area contributed by atoms with Gasteiger partial charge in [-0.2, -0.15) is 0 Å². The topological polar surface area (TPSA) is 96.9 Å². The number of benzene rings is 1. The summed E-state index contributed by atoms with van der Waals surface area (Å²) in [6.45, 7) is 7.55. The van der Waals surface area contributed by atoms with Gasteiger partial charge in [0.15, 0.2) is 0 Å². The molecule has 0 bridgehead atoms. The highest BCUT2D eigenvalue weighted by atomic mass is 16.5. The van der Waals surface area contributed by atoms with Crippen LogP contribution in [-0.2, 0) is 16.1 Å². The summed E-state index contributed by atoms with van der Waals surface area (Å²) in [4.78, 5) is 16.5. The number of hydrogen-bond donors (Lipinski definition) is 1. The quantitative estimate of drug-likeness (QED) is 0.617. The number of nitrogens with zero attached hydrogens (tertiary/aromatic N) is 4. The summed E-state index contributed by atoms with van der Waals surface area (Å²) in [6, 6.07) is 9.74. The molecule has 3 heterocycles. The summed E-state index contributed by atoms with van der Waals surface area (Å²) < 4.78 is 16.6. The van der Waals surface area contributed by atoms with Gasteiger partial charge in [0.2, 0.25) is 11.8 Å². The van der Waals surface area contributed by atoms with Crippen LogP contribution in [-0.4, -0.2) is 60.9 Å². The highest BCUT2D eigenvalue weighted by Crippen LogP contribution is 2.25. The lowest BCUT2D eigenvalue weighted by atomic mass is 10.2. The van der Waals surface area contributed by atoms with Gasteiger partial charge in [-0.05, 0) is 51.2 Å². The second-order valence-electron chi connectivity index (χ2n) is 7.69. The average Bonchev–Trinajstić information content (AvgIpc) is 3.34. The Hall–Kier alpha value is -3.17. The van der Waals surface area contributed by atoms with E-state index in [1.807, 2.05) is 56.1 Å². The minimum atomic E-state index is -0.109. The zero-order valence-corrected chi connectivity index (χ0v) is 18.1. The second kappa shape index (κ2) is 9.32. The zero-order valence-electron chi connectivity index (χ0n) is 18.1. The number of morpholine rings is 1. The number of likely N-dealkylation sites (N-methyl/N-ethyl adjacent to an activating group) is 1. The molecule has 164 valence electrons. The lowest BCUT2D eigenvalue weighted by Crippen LogP contribution is -2.36. The average molecular weight is 425 g/mol. The number of carbonyl (C=O) groups excluding carboxylic acids is 1. The molecule has 0 atom stereocenters. The third kappa shape index (κ3) is 5.31. The Bertz CT molecular complexity index is 1020. The molecule has 0 aliphatic carbocycles. The number of aryl methyl sites for hydroxylation is 2. The maximum atomic E-state index is 12.4. The monoisotopic (exact) mass is 425 g/mol. The molecule has 31 heavy (non-hydrogen) atoms. The van der Waals surface area contributed by atoms with Crippen LogP contribution in [0.25, 0.3) is 11.5 Å². The Morgan fingerprint density at radius 1 is 1.13 bits per heavy atom. The third-order valence-electron chi connectivity index (χ3n) is 5.08. The first-order chi connectivity index (χ1) is 15.0. The standard InChI is InChI=1S/C22H27N5O4/c1-15-12-19(16(2)30-15)22-25-24-21(31-22)14-26(3)13-20(28)23-17-4-6-18(7-5-17)27-8-10-29-11-9-27/h4-7,12H,8-11,13-14H2,1-3H3,(H,23,28). The van der Waals surface area contributed by atoms with E-state index in [0.717, 1.165) is 54.8 Å². The van der Waals surface area contributed by atoms with E-state index in [-0.39, 0.29) is 12.5 Å². The predicted octanol–water partition coefficient (Wildman–Crippen LogP) is 2.85. The Morgan fingerprint density at radius 3 is 2.55 bits per heavy atom. The molecule has 1 aliphatic rings. The van der Waals surface area contributed by atoms with Crippen LogP contribution >= 0.6 is 0 Å². The van der Waals surface area contributed by atoms with Gasteiger partial charge in [0.1, 0.15) is 11.5 Å². The fraction of sp³-hybridized carbons (Fsp3) is 0.409. The van der Waals surface area contributed by atoms with E-state index >= 15 is 0 Å². The van der Waals surface area contributed by atoms with Crippen molar-refractivity contribution in [3.05, 3.63) is 47.7 Å². The van der Waals surface area contributed by atoms with Crippen molar-refractivity contribution in [3.8, 4) is 11.5 Å². The fourth-order valence-electron chi connectivity index (χ4n) is 3.58. The molecule has 0 radical (unpaired) electrons. The van der Waals surface area contributed by atoms with Gasteiger partial charge < -0.3 is 23.8 Å². The summed E-state index contributed by atoms with van der Waals surface area (Å²) in [5, 5.41) is 11.1. The molecule has 1 aromatic carbocycles. The van der Waals surface area contributed by atoms with E-state index in [1.165, 1.54) is 0 Å². The van der Waals surface area contributed by atoms with E-state index in [9.17, 15) is 4.79 Å². The van der Waals surface area contributed by atoms with E-state index in [0.29, 0.717) is 18.3 Å². The molecule has 0 saturated carbocycles. The van der Waals surface area contributed by atoms with Gasteiger partial charge in [-0.3, -0.25) is 9.69 Å². The number of carbonyl (C=O) groups is 1. The number of aromatic nitrogens is 2. The van der Waals surface area contributed by atoms with E-state index in [2.05, 4.69) is 20.4 Å². The van der Waals surface area contributed by atoms with Crippen molar-refractivity contribution >= 4 is 17.3 Å². The van der Waals surface area contributed by atoms with Crippen LogP contribution in [0.1, 0.15) is 17.4 Å². The number of nitrogens with one attached hydrogen (secondary N) is 1. The van der Waals surface area contributed by atoms with Crippen molar-refractivity contribution in [1.82, 2.24) is 15.1 Å². The summed E-state index contributed by atoms with van der Waals surface area (Å²) in [5.74, 6) is 2.28. The van der Waals surface area contributed by atoms with Crippen LogP contribution in [0.5, 0.6) is 0 Å². The summed E-state index contributed by atoms with van der Waals surface area (Å²) in [6.07, 6.45) is 0. The van der Waals surface area contributed by atoms with Crippen molar-refractivity contribution in [2.75, 3.05) is 50.1 Å². The van der Waals surface area contributed by atoms with Gasteiger partial charge in [-0.15, -0.1) is 10.2 Å². The van der Waals surface area contributed by atoms with E-state index in [1.54, 1.807) is 0 Å². The van der Waals surface area contributed by atoms with E-state index in [4.69, 9.17) is 13.6 Å². The van der Waals surface area contributed by atoms with Gasteiger partial charge in [0.25, 0.3) is 5.89 Å². The molecule has 9 nitrogen and oxygen atoms in total. The maximum absolute atomic E-state index is 12.4. The highest BCUT2D eigenvalue weighted by Gasteiger charge is 2.17. The van der Waals surface area contributed by atoms with Gasteiger partial charge in [-0.25, -0.2) is 0 Å². The van der Waals surface area contributed by atoms with Gasteiger partial charge in [-0.1, -0.05) is 0 Å². The molecular weight excluding hydrogens is 398 g/mol. The SMILES string of the molecule is Cc1cc(-c2nnc(CN(C)CC(=O)Nc3ccc(N4CCOCC4)cc3)o2)c(C)o1. The van der Waals surface area contributed by atoms with Crippen LogP contribution in [0.4, 0.5) is 11.4 Å². The minimum Gasteiger partial charge on any atom is -0.466 e. The molecule has 1 N–H and O–H groups in total. The van der Waals surface area contributed by atoms with Crippen molar-refractivity contribution in [2.45, 2.75) is 20.4 Å². The van der Waals surface area contributed by atoms with Crippen LogP contribution in [0, 0.1) is 13.8 Å². The molecule has 1 aliphatic heterocycles. The Balaban J connectivity index is 1.28. The summed E-state index contributed by atoms with van der Waals surface area (Å²) in [7, 11) is 1.83. The highest BCUT2D eigenvalue weighted by molar-refractivity contribution is 5.92. The molecular formula is C22H27N5O4. The Labute approximate surface area is 181 Å². The number of rotatable bonds is 7. The summed E-state index contributed by atoms with van der Waals surface area (Å²) >= 11 is 0. The molecule has 3 aromatic rings. The molecule has 4 rings (SSSR count). The van der Waals surface area contributed by atoms with Gasteiger partial charge in [0, 0.05) is 24.5 Å². The lowest BCUT2D eigenvalue weighted by molar-refractivity contribution is -0.117. The minimum absolute atomic E-state index is 0.109. The largest absolute Gasteiger partial charge is 0.466 e. The van der Waals surface area contributed by atoms with Crippen molar-refractivity contribution in [2.24, 2.45) is 0 Å². The predicted molar refractivity (Wildman–Crippen MR) is 116 cm³/mol. The first-order valence-electron chi connectivity index (χ1n) is 10.3. The smallest absolute Gasteiger partial charge is 0.251 e. The molecule has 1 fully saturated rings. The zero-order chi connectivity index (χ0) is 21.8. The van der Waals surface area contributed by atoms with Crippen LogP contribution < -0.4 is 10.2 Å². The molecule has 0 spiro atoms. The number of hydrogen-bond acceptors (Lipinski definition) is 8. The maximum Gasteiger partial charge on any atom is 0.251 e. The number of amides is 1. The van der Waals surface area contributed by atoms with Gasteiger partial charge in [0.05, 0.1) is 31.9 Å². The Kier molecular flexibility index (Phi) is 6.34. The van der Waals surface area contributed by atoms with Crippen molar-refractivity contribution in [1.29, 1.82) is 0 Å². The molecule has 2 aromatic heterocycles. The first kappa shape index (κ1) is 21.1. The molecule has 1 amide bonds. The van der Waals surface area contributed by atoms with E-state index < -0.39 is 0 Å². The normalized spacial score (nSPS) is 14.3. The molecule has 9 heteroatoms. The van der Waals surface area contributed by atoms with Crippen LogP contribution in [0.15, 0.2) is 39.2 Å².